The minimum absolute atomic E-state index is 0.0552. The molecule has 0 aliphatic rings. The highest BCUT2D eigenvalue weighted by Crippen LogP contribution is 2.21. The van der Waals surface area contributed by atoms with E-state index in [1.54, 1.807) is 0 Å². The maximum Gasteiger partial charge on any atom is 0.246 e. The van der Waals surface area contributed by atoms with Crippen LogP contribution in [-0.4, -0.2) is 11.9 Å². The fourth-order valence-electron chi connectivity index (χ4n) is 1.99. The van der Waals surface area contributed by atoms with Crippen molar-refractivity contribution < 1.29 is 4.79 Å². The average molecular weight is 303 g/mol. The lowest BCUT2D eigenvalue weighted by Crippen LogP contribution is -2.34. The summed E-state index contributed by atoms with van der Waals surface area (Å²) in [5, 5.41) is 6.82. The Balaban J connectivity index is 2.05. The van der Waals surface area contributed by atoms with Crippen LogP contribution in [0.2, 0.25) is 5.02 Å². The lowest BCUT2D eigenvalue weighted by molar-refractivity contribution is -0.116. The standard InChI is InChI=1S/C17H19ClN2O/c1-3-16(17(21)20-13-7-5-4-6-8-13)19-14-10-9-12(2)15(18)11-14/h4-11,16,19H,3H2,1-2H3,(H,20,21)/t16-/m0/s1. The van der Waals surface area contributed by atoms with Crippen LogP contribution in [0.15, 0.2) is 48.5 Å². The van der Waals surface area contributed by atoms with Gasteiger partial charge >= 0.3 is 0 Å². The van der Waals surface area contributed by atoms with Gasteiger partial charge in [0.25, 0.3) is 0 Å². The molecule has 0 aliphatic heterocycles. The minimum Gasteiger partial charge on any atom is -0.374 e. The predicted octanol–water partition coefficient (Wildman–Crippen LogP) is 4.48. The van der Waals surface area contributed by atoms with Crippen LogP contribution in [0, 0.1) is 6.92 Å². The van der Waals surface area contributed by atoms with Crippen LogP contribution in [0.3, 0.4) is 0 Å². The van der Waals surface area contributed by atoms with Gasteiger partial charge in [-0.2, -0.15) is 0 Å². The van der Waals surface area contributed by atoms with Crippen LogP contribution < -0.4 is 10.6 Å². The number of anilines is 2. The Bertz CT molecular complexity index is 613. The maximum absolute atomic E-state index is 12.3. The van der Waals surface area contributed by atoms with Crippen molar-refractivity contribution in [1.29, 1.82) is 0 Å². The van der Waals surface area contributed by atoms with E-state index in [1.165, 1.54) is 0 Å². The highest BCUT2D eigenvalue weighted by Gasteiger charge is 2.16. The Morgan fingerprint density at radius 3 is 2.48 bits per heavy atom. The van der Waals surface area contributed by atoms with E-state index >= 15 is 0 Å². The van der Waals surface area contributed by atoms with Gasteiger partial charge < -0.3 is 10.6 Å². The molecule has 0 aromatic heterocycles. The molecule has 110 valence electrons. The monoisotopic (exact) mass is 302 g/mol. The summed E-state index contributed by atoms with van der Waals surface area (Å²) < 4.78 is 0. The third kappa shape index (κ3) is 4.23. The minimum atomic E-state index is -0.302. The van der Waals surface area contributed by atoms with Crippen molar-refractivity contribution in [1.82, 2.24) is 0 Å². The van der Waals surface area contributed by atoms with Gasteiger partial charge in [0.15, 0.2) is 0 Å². The molecule has 2 N–H and O–H groups in total. The predicted molar refractivity (Wildman–Crippen MR) is 89.0 cm³/mol. The smallest absolute Gasteiger partial charge is 0.246 e. The van der Waals surface area contributed by atoms with E-state index in [4.69, 9.17) is 11.6 Å². The van der Waals surface area contributed by atoms with E-state index in [1.807, 2.05) is 62.4 Å². The van der Waals surface area contributed by atoms with Gasteiger partial charge in [-0.15, -0.1) is 0 Å². The van der Waals surface area contributed by atoms with E-state index in [9.17, 15) is 4.79 Å². The number of carbonyl (C=O) groups excluding carboxylic acids is 1. The first-order chi connectivity index (χ1) is 10.1. The van der Waals surface area contributed by atoms with Crippen molar-refractivity contribution in [2.75, 3.05) is 10.6 Å². The molecule has 21 heavy (non-hydrogen) atoms. The fraction of sp³-hybridized carbons (Fsp3) is 0.235. The van der Waals surface area contributed by atoms with Crippen LogP contribution in [0.25, 0.3) is 0 Å². The molecule has 0 heterocycles. The van der Waals surface area contributed by atoms with Crippen molar-refractivity contribution >= 4 is 28.9 Å². The topological polar surface area (TPSA) is 41.1 Å². The maximum atomic E-state index is 12.3. The number of nitrogens with one attached hydrogen (secondary N) is 2. The fourth-order valence-corrected chi connectivity index (χ4v) is 2.17. The molecule has 1 amide bonds. The number of hydrogen-bond acceptors (Lipinski definition) is 2. The number of hydrogen-bond donors (Lipinski definition) is 2. The third-order valence-electron chi connectivity index (χ3n) is 3.28. The average Bonchev–Trinajstić information content (AvgIpc) is 2.49. The Morgan fingerprint density at radius 1 is 1.14 bits per heavy atom. The number of aryl methyl sites for hydroxylation is 1. The summed E-state index contributed by atoms with van der Waals surface area (Å²) in [5.74, 6) is -0.0552. The van der Waals surface area contributed by atoms with Gasteiger partial charge in [-0.3, -0.25) is 4.79 Å². The molecule has 0 unspecified atom stereocenters. The summed E-state index contributed by atoms with van der Waals surface area (Å²) in [5.41, 5.74) is 2.66. The van der Waals surface area contributed by atoms with Crippen LogP contribution in [0.4, 0.5) is 11.4 Å². The summed E-state index contributed by atoms with van der Waals surface area (Å²) in [6.45, 7) is 3.92. The Morgan fingerprint density at radius 2 is 1.86 bits per heavy atom. The lowest BCUT2D eigenvalue weighted by atomic mass is 10.1. The van der Waals surface area contributed by atoms with E-state index in [0.717, 1.165) is 16.9 Å². The number of amides is 1. The molecule has 3 nitrogen and oxygen atoms in total. The molecule has 4 heteroatoms. The summed E-state index contributed by atoms with van der Waals surface area (Å²) >= 11 is 6.11. The molecule has 0 aliphatic carbocycles. The molecule has 0 saturated heterocycles. The molecule has 0 bridgehead atoms. The van der Waals surface area contributed by atoms with Gasteiger partial charge in [0.2, 0.25) is 5.91 Å². The molecule has 0 radical (unpaired) electrons. The second kappa shape index (κ2) is 7.14. The SMILES string of the molecule is CC[C@H](Nc1ccc(C)c(Cl)c1)C(=O)Nc1ccccc1. The number of carbonyl (C=O) groups is 1. The molecule has 2 rings (SSSR count). The van der Waals surface area contributed by atoms with Crippen LogP contribution in [0.5, 0.6) is 0 Å². The normalized spacial score (nSPS) is 11.8. The van der Waals surface area contributed by atoms with Crippen molar-refractivity contribution in [2.24, 2.45) is 0 Å². The molecular formula is C17H19ClN2O. The van der Waals surface area contributed by atoms with Crippen molar-refractivity contribution in [2.45, 2.75) is 26.3 Å². The largest absolute Gasteiger partial charge is 0.374 e. The van der Waals surface area contributed by atoms with Crippen LogP contribution in [0.1, 0.15) is 18.9 Å². The van der Waals surface area contributed by atoms with Crippen molar-refractivity contribution in [3.05, 3.63) is 59.1 Å². The van der Waals surface area contributed by atoms with Gasteiger partial charge in [0.1, 0.15) is 6.04 Å². The molecule has 1 atom stereocenters. The number of para-hydroxylation sites is 1. The zero-order chi connectivity index (χ0) is 15.2. The summed E-state index contributed by atoms with van der Waals surface area (Å²) in [6.07, 6.45) is 0.685. The summed E-state index contributed by atoms with van der Waals surface area (Å²) in [4.78, 5) is 12.3. The quantitative estimate of drug-likeness (QED) is 0.855. The molecule has 0 saturated carbocycles. The molecule has 0 fully saturated rings. The number of halogens is 1. The summed E-state index contributed by atoms with van der Waals surface area (Å²) in [6, 6.07) is 14.8. The van der Waals surface area contributed by atoms with Gasteiger partial charge in [0.05, 0.1) is 0 Å². The van der Waals surface area contributed by atoms with E-state index in [-0.39, 0.29) is 11.9 Å². The van der Waals surface area contributed by atoms with Gasteiger partial charge in [-0.1, -0.05) is 42.8 Å². The van der Waals surface area contributed by atoms with E-state index < -0.39 is 0 Å². The van der Waals surface area contributed by atoms with Gasteiger partial charge in [-0.25, -0.2) is 0 Å². The molecular weight excluding hydrogens is 284 g/mol. The first-order valence-corrected chi connectivity index (χ1v) is 7.36. The zero-order valence-corrected chi connectivity index (χ0v) is 12.9. The second-order valence-corrected chi connectivity index (χ2v) is 5.33. The molecule has 2 aromatic carbocycles. The molecule has 0 spiro atoms. The summed E-state index contributed by atoms with van der Waals surface area (Å²) in [7, 11) is 0. The first-order valence-electron chi connectivity index (χ1n) is 6.98. The Labute approximate surface area is 130 Å². The zero-order valence-electron chi connectivity index (χ0n) is 12.2. The number of benzene rings is 2. The second-order valence-electron chi connectivity index (χ2n) is 4.92. The number of rotatable bonds is 5. The van der Waals surface area contributed by atoms with Gasteiger partial charge in [-0.05, 0) is 43.2 Å². The highest BCUT2D eigenvalue weighted by atomic mass is 35.5. The Kier molecular flexibility index (Phi) is 5.23. The lowest BCUT2D eigenvalue weighted by Gasteiger charge is -2.18. The first kappa shape index (κ1) is 15.4. The van der Waals surface area contributed by atoms with Crippen molar-refractivity contribution in [3.8, 4) is 0 Å². The Hall–Kier alpha value is -2.00. The van der Waals surface area contributed by atoms with Crippen LogP contribution in [-0.2, 0) is 4.79 Å². The third-order valence-corrected chi connectivity index (χ3v) is 3.69. The van der Waals surface area contributed by atoms with Gasteiger partial charge in [0, 0.05) is 16.4 Å². The highest BCUT2D eigenvalue weighted by molar-refractivity contribution is 6.31. The van der Waals surface area contributed by atoms with Crippen molar-refractivity contribution in [3.63, 3.8) is 0 Å². The van der Waals surface area contributed by atoms with E-state index in [0.29, 0.717) is 11.4 Å². The van der Waals surface area contributed by atoms with Crippen LogP contribution >= 0.6 is 11.6 Å². The van der Waals surface area contributed by atoms with E-state index in [2.05, 4.69) is 10.6 Å². The molecule has 2 aromatic rings.